The Labute approximate surface area is 253 Å². The van der Waals surface area contributed by atoms with Crippen LogP contribution in [0.15, 0.2) is 84.0 Å². The summed E-state index contributed by atoms with van der Waals surface area (Å²) in [7, 11) is -8.20. The third-order valence-corrected chi connectivity index (χ3v) is 8.65. The monoisotopic (exact) mass is 630 g/mol. The van der Waals surface area contributed by atoms with Crippen LogP contribution in [0.25, 0.3) is 0 Å². The van der Waals surface area contributed by atoms with Gasteiger partial charge in [-0.3, -0.25) is 9.59 Å². The number of nitrogens with zero attached hydrogens (tertiary/aromatic N) is 1. The highest BCUT2D eigenvalue weighted by Crippen LogP contribution is 2.17. The van der Waals surface area contributed by atoms with E-state index in [-0.39, 0.29) is 23.8 Å². The number of aliphatic hydroxyl groups is 1. The Morgan fingerprint density at radius 1 is 0.884 bits per heavy atom. The summed E-state index contributed by atoms with van der Waals surface area (Å²) >= 11 is 0. The lowest BCUT2D eigenvalue weighted by molar-refractivity contribution is -0.123. The summed E-state index contributed by atoms with van der Waals surface area (Å²) in [6.45, 7) is 5.55. The number of sulfonamides is 1. The van der Waals surface area contributed by atoms with Crippen molar-refractivity contribution in [3.63, 3.8) is 0 Å². The average molecular weight is 631 g/mol. The van der Waals surface area contributed by atoms with E-state index in [0.29, 0.717) is 11.1 Å². The minimum absolute atomic E-state index is 0.0259. The zero-order chi connectivity index (χ0) is 31.8. The number of sulfone groups is 1. The van der Waals surface area contributed by atoms with Gasteiger partial charge in [0.2, 0.25) is 15.9 Å². The first-order valence-corrected chi connectivity index (χ1v) is 17.1. The second kappa shape index (κ2) is 14.2. The highest BCUT2D eigenvalue weighted by atomic mass is 32.2. The molecule has 0 fully saturated rings. The number of aromatic nitrogens is 1. The standard InChI is InChI=1S/C30H38N4O7S2/c1-30(2,3)33-28(36)23-15-9-8-14-22(23)19-26(35)24(18-21-12-6-5-7-13-21)32-29(37)25(34-42(4,38)39)20-43(40,41)27-16-10-11-17-31-27/h5-17,24-26,34-35H,18-20H2,1-4H3,(H,32,37)(H,33,36)/t24-,25+,26+/m0/s1. The molecule has 1 aromatic heterocycles. The lowest BCUT2D eigenvalue weighted by Gasteiger charge is -2.28. The maximum atomic E-state index is 13.5. The molecule has 0 bridgehead atoms. The molecule has 13 heteroatoms. The van der Waals surface area contributed by atoms with Gasteiger partial charge in [-0.25, -0.2) is 26.5 Å². The molecule has 3 rings (SSSR count). The third-order valence-electron chi connectivity index (χ3n) is 6.29. The molecule has 0 aliphatic carbocycles. The Morgan fingerprint density at radius 3 is 2.12 bits per heavy atom. The van der Waals surface area contributed by atoms with Gasteiger partial charge in [-0.2, -0.15) is 0 Å². The van der Waals surface area contributed by atoms with Crippen molar-refractivity contribution in [2.75, 3.05) is 12.0 Å². The molecule has 4 N–H and O–H groups in total. The maximum Gasteiger partial charge on any atom is 0.251 e. The van der Waals surface area contributed by atoms with Crippen LogP contribution in [-0.2, 0) is 37.5 Å². The van der Waals surface area contributed by atoms with E-state index in [9.17, 15) is 31.5 Å². The highest BCUT2D eigenvalue weighted by molar-refractivity contribution is 7.91. The van der Waals surface area contributed by atoms with Crippen LogP contribution in [0.3, 0.4) is 0 Å². The molecule has 3 atom stereocenters. The molecular weight excluding hydrogens is 592 g/mol. The molecule has 1 heterocycles. The van der Waals surface area contributed by atoms with Crippen molar-refractivity contribution < 1.29 is 31.5 Å². The predicted molar refractivity (Wildman–Crippen MR) is 164 cm³/mol. The van der Waals surface area contributed by atoms with Gasteiger partial charge in [0.15, 0.2) is 14.9 Å². The number of amides is 2. The Balaban J connectivity index is 1.91. The average Bonchev–Trinajstić information content (AvgIpc) is 2.92. The van der Waals surface area contributed by atoms with E-state index in [1.165, 1.54) is 24.4 Å². The lowest BCUT2D eigenvalue weighted by atomic mass is 9.93. The second-order valence-electron chi connectivity index (χ2n) is 11.3. The smallest absolute Gasteiger partial charge is 0.251 e. The summed E-state index contributed by atoms with van der Waals surface area (Å²) in [6.07, 6.45) is 0.970. The summed E-state index contributed by atoms with van der Waals surface area (Å²) < 4.78 is 52.4. The Bertz CT molecular complexity index is 1610. The molecule has 3 aromatic rings. The first-order valence-electron chi connectivity index (χ1n) is 13.6. The molecule has 43 heavy (non-hydrogen) atoms. The molecule has 11 nitrogen and oxygen atoms in total. The summed E-state index contributed by atoms with van der Waals surface area (Å²) in [6, 6.07) is 17.3. The van der Waals surface area contributed by atoms with E-state index in [1.807, 2.05) is 26.8 Å². The van der Waals surface area contributed by atoms with Crippen LogP contribution in [0.2, 0.25) is 0 Å². The van der Waals surface area contributed by atoms with Crippen LogP contribution in [0.1, 0.15) is 42.3 Å². The highest BCUT2D eigenvalue weighted by Gasteiger charge is 2.33. The molecule has 0 aliphatic heterocycles. The van der Waals surface area contributed by atoms with Gasteiger partial charge in [-0.15, -0.1) is 0 Å². The van der Waals surface area contributed by atoms with Crippen molar-refractivity contribution in [2.45, 2.75) is 62.4 Å². The first-order chi connectivity index (χ1) is 20.0. The number of carbonyl (C=O) groups is 2. The summed E-state index contributed by atoms with van der Waals surface area (Å²) in [4.78, 5) is 30.3. The number of hydrogen-bond acceptors (Lipinski definition) is 8. The van der Waals surface area contributed by atoms with Crippen LogP contribution in [0, 0.1) is 0 Å². The number of rotatable bonds is 13. The van der Waals surface area contributed by atoms with Crippen LogP contribution in [0.4, 0.5) is 0 Å². The first kappa shape index (κ1) is 33.8. The Hall–Kier alpha value is -3.65. The molecule has 2 aromatic carbocycles. The van der Waals surface area contributed by atoms with Gasteiger partial charge in [-0.05, 0) is 56.5 Å². The number of carbonyl (C=O) groups excluding carboxylic acids is 2. The minimum Gasteiger partial charge on any atom is -0.391 e. The summed E-state index contributed by atoms with van der Waals surface area (Å²) in [5.41, 5.74) is 1.16. The van der Waals surface area contributed by atoms with Gasteiger partial charge < -0.3 is 15.7 Å². The SMILES string of the molecule is CC(C)(C)NC(=O)c1ccccc1C[C@@H](O)[C@H](Cc1ccccc1)NC(=O)[C@@H](CS(=O)(=O)c1ccccn1)NS(C)(=O)=O. The fraction of sp³-hybridized carbons (Fsp3) is 0.367. The maximum absolute atomic E-state index is 13.5. The van der Waals surface area contributed by atoms with Gasteiger partial charge in [0, 0.05) is 23.7 Å². The van der Waals surface area contributed by atoms with Crippen molar-refractivity contribution in [1.29, 1.82) is 0 Å². The van der Waals surface area contributed by atoms with E-state index in [1.54, 1.807) is 48.5 Å². The van der Waals surface area contributed by atoms with Crippen LogP contribution in [0.5, 0.6) is 0 Å². The van der Waals surface area contributed by atoms with Crippen LogP contribution >= 0.6 is 0 Å². The molecule has 0 spiro atoms. The van der Waals surface area contributed by atoms with Crippen molar-refractivity contribution in [3.8, 4) is 0 Å². The largest absolute Gasteiger partial charge is 0.391 e. The zero-order valence-corrected chi connectivity index (χ0v) is 26.2. The topological polar surface area (TPSA) is 172 Å². The van der Waals surface area contributed by atoms with Gasteiger partial charge >= 0.3 is 0 Å². The second-order valence-corrected chi connectivity index (χ2v) is 15.1. The molecule has 0 saturated heterocycles. The lowest BCUT2D eigenvalue weighted by Crippen LogP contribution is -2.55. The molecule has 0 saturated carbocycles. The molecule has 0 unspecified atom stereocenters. The van der Waals surface area contributed by atoms with E-state index < -0.39 is 55.2 Å². The molecule has 0 aliphatic rings. The molecule has 232 valence electrons. The normalized spacial score (nSPS) is 14.3. The van der Waals surface area contributed by atoms with Gasteiger partial charge in [0.1, 0.15) is 6.04 Å². The van der Waals surface area contributed by atoms with Gasteiger partial charge in [0.25, 0.3) is 5.91 Å². The third kappa shape index (κ3) is 10.8. The number of nitrogens with one attached hydrogen (secondary N) is 3. The predicted octanol–water partition coefficient (Wildman–Crippen LogP) is 1.63. The van der Waals surface area contributed by atoms with Crippen molar-refractivity contribution in [1.82, 2.24) is 20.3 Å². The Kier molecular flexibility index (Phi) is 11.2. The number of pyridine rings is 1. The minimum atomic E-state index is -4.18. The summed E-state index contributed by atoms with van der Waals surface area (Å²) in [5, 5.41) is 16.7. The van der Waals surface area contributed by atoms with Gasteiger partial charge in [-0.1, -0.05) is 54.6 Å². The quantitative estimate of drug-likeness (QED) is 0.221. The molecular formula is C30H38N4O7S2. The molecule has 0 radical (unpaired) electrons. The fourth-order valence-electron chi connectivity index (χ4n) is 4.39. The van der Waals surface area contributed by atoms with E-state index in [2.05, 4.69) is 20.3 Å². The number of aliphatic hydroxyl groups excluding tert-OH is 1. The van der Waals surface area contributed by atoms with Crippen molar-refractivity contribution >= 4 is 31.7 Å². The van der Waals surface area contributed by atoms with Crippen LogP contribution < -0.4 is 15.4 Å². The van der Waals surface area contributed by atoms with Crippen molar-refractivity contribution in [2.24, 2.45) is 0 Å². The number of hydrogen-bond donors (Lipinski definition) is 4. The van der Waals surface area contributed by atoms with Crippen molar-refractivity contribution in [3.05, 3.63) is 95.7 Å². The fourth-order valence-corrected chi connectivity index (χ4v) is 6.55. The van der Waals surface area contributed by atoms with E-state index in [0.717, 1.165) is 11.8 Å². The van der Waals surface area contributed by atoms with Crippen LogP contribution in [-0.4, -0.2) is 74.5 Å². The van der Waals surface area contributed by atoms with Gasteiger partial charge in [0.05, 0.1) is 24.2 Å². The Morgan fingerprint density at radius 2 is 1.51 bits per heavy atom. The number of benzene rings is 2. The molecule has 2 amide bonds. The zero-order valence-electron chi connectivity index (χ0n) is 24.5. The summed E-state index contributed by atoms with van der Waals surface area (Å²) in [5.74, 6) is -2.16. The van der Waals surface area contributed by atoms with E-state index >= 15 is 0 Å². The van der Waals surface area contributed by atoms with E-state index in [4.69, 9.17) is 0 Å².